The zero-order chi connectivity index (χ0) is 14.2. The molecule has 0 aliphatic carbocycles. The Morgan fingerprint density at radius 2 is 2.16 bits per heavy atom. The van der Waals surface area contributed by atoms with Gasteiger partial charge in [-0.2, -0.15) is 4.39 Å². The van der Waals surface area contributed by atoms with E-state index in [-0.39, 0.29) is 5.69 Å². The molecule has 0 radical (unpaired) electrons. The number of carbonyl (C=O) groups is 2. The van der Waals surface area contributed by atoms with Crippen molar-refractivity contribution in [2.45, 2.75) is 19.9 Å². The summed E-state index contributed by atoms with van der Waals surface area (Å²) in [4.78, 5) is 26.5. The summed E-state index contributed by atoms with van der Waals surface area (Å²) in [6, 6.07) is 2.47. The summed E-state index contributed by atoms with van der Waals surface area (Å²) in [6.07, 6.45) is 1.53. The fourth-order valence-corrected chi connectivity index (χ4v) is 1.60. The van der Waals surface area contributed by atoms with E-state index in [0.29, 0.717) is 5.65 Å². The van der Waals surface area contributed by atoms with Gasteiger partial charge in [0.25, 0.3) is 5.91 Å². The Bertz CT molecular complexity index is 665. The van der Waals surface area contributed by atoms with Crippen molar-refractivity contribution in [2.24, 2.45) is 5.73 Å². The van der Waals surface area contributed by atoms with E-state index in [4.69, 9.17) is 5.73 Å². The van der Waals surface area contributed by atoms with Gasteiger partial charge >= 0.3 is 0 Å². The lowest BCUT2D eigenvalue weighted by Gasteiger charge is -2.08. The van der Waals surface area contributed by atoms with E-state index in [0.717, 1.165) is 5.56 Å². The molecule has 0 fully saturated rings. The first kappa shape index (κ1) is 13.0. The Balaban J connectivity index is 2.37. The number of hydrogen-bond acceptors (Lipinski definition) is 3. The average Bonchev–Trinajstić information content (AvgIpc) is 2.66. The molecule has 3 N–H and O–H groups in total. The Hall–Kier alpha value is -2.44. The van der Waals surface area contributed by atoms with Crippen LogP contribution in [-0.2, 0) is 4.79 Å². The molecule has 2 aromatic rings. The number of halogens is 1. The maximum atomic E-state index is 14.0. The first-order valence-corrected chi connectivity index (χ1v) is 5.64. The number of carbonyl (C=O) groups excluding carboxylic acids is 2. The number of hydrogen-bond donors (Lipinski definition) is 2. The van der Waals surface area contributed by atoms with Crippen LogP contribution < -0.4 is 11.1 Å². The molecule has 0 saturated carbocycles. The smallest absolute Gasteiger partial charge is 0.275 e. The molecule has 6 nitrogen and oxygen atoms in total. The summed E-state index contributed by atoms with van der Waals surface area (Å²) in [5, 5.41) is 2.28. The van der Waals surface area contributed by atoms with Gasteiger partial charge in [0.05, 0.1) is 0 Å². The SMILES string of the molecule is Cc1ccc2nc(C(=O)N[C@H](C)C(N)=O)c(F)n2c1. The van der Waals surface area contributed by atoms with Gasteiger partial charge < -0.3 is 11.1 Å². The van der Waals surface area contributed by atoms with E-state index in [9.17, 15) is 14.0 Å². The van der Waals surface area contributed by atoms with Crippen LogP contribution in [0.4, 0.5) is 4.39 Å². The van der Waals surface area contributed by atoms with E-state index >= 15 is 0 Å². The van der Waals surface area contributed by atoms with Gasteiger partial charge in [-0.1, -0.05) is 6.07 Å². The molecule has 2 amide bonds. The van der Waals surface area contributed by atoms with E-state index in [1.165, 1.54) is 17.5 Å². The summed E-state index contributed by atoms with van der Waals surface area (Å²) in [7, 11) is 0. The zero-order valence-electron chi connectivity index (χ0n) is 10.5. The van der Waals surface area contributed by atoms with Crippen LogP contribution in [0.3, 0.4) is 0 Å². The fraction of sp³-hybridized carbons (Fsp3) is 0.250. The lowest BCUT2D eigenvalue weighted by atomic mass is 10.3. The number of fused-ring (bicyclic) bond motifs is 1. The van der Waals surface area contributed by atoms with Gasteiger partial charge in [0, 0.05) is 6.20 Å². The van der Waals surface area contributed by atoms with Crippen molar-refractivity contribution < 1.29 is 14.0 Å². The highest BCUT2D eigenvalue weighted by Gasteiger charge is 2.21. The number of nitrogens with one attached hydrogen (secondary N) is 1. The molecule has 0 aliphatic heterocycles. The zero-order valence-corrected chi connectivity index (χ0v) is 10.5. The minimum Gasteiger partial charge on any atom is -0.368 e. The number of nitrogens with zero attached hydrogens (tertiary/aromatic N) is 2. The highest BCUT2D eigenvalue weighted by Crippen LogP contribution is 2.12. The van der Waals surface area contributed by atoms with Crippen LogP contribution in [0.2, 0.25) is 0 Å². The van der Waals surface area contributed by atoms with Crippen molar-refractivity contribution in [3.8, 4) is 0 Å². The van der Waals surface area contributed by atoms with Crippen LogP contribution in [0.25, 0.3) is 5.65 Å². The van der Waals surface area contributed by atoms with Gasteiger partial charge in [0.2, 0.25) is 11.9 Å². The molecular formula is C12H13FN4O2. The molecule has 19 heavy (non-hydrogen) atoms. The predicted octanol–water partition coefficient (Wildman–Crippen LogP) is 0.385. The highest BCUT2D eigenvalue weighted by atomic mass is 19.1. The molecule has 0 spiro atoms. The number of pyridine rings is 1. The summed E-state index contributed by atoms with van der Waals surface area (Å²) >= 11 is 0. The van der Waals surface area contributed by atoms with Crippen LogP contribution in [0, 0.1) is 12.9 Å². The second-order valence-electron chi connectivity index (χ2n) is 4.28. The summed E-state index contributed by atoms with van der Waals surface area (Å²) in [5.74, 6) is -2.24. The molecule has 0 aromatic carbocycles. The van der Waals surface area contributed by atoms with Crippen molar-refractivity contribution in [1.82, 2.24) is 14.7 Å². The van der Waals surface area contributed by atoms with E-state index in [1.54, 1.807) is 19.1 Å². The van der Waals surface area contributed by atoms with Gasteiger partial charge in [0.1, 0.15) is 11.7 Å². The Morgan fingerprint density at radius 1 is 1.47 bits per heavy atom. The Morgan fingerprint density at radius 3 is 2.79 bits per heavy atom. The number of nitrogens with two attached hydrogens (primary N) is 1. The number of aryl methyl sites for hydroxylation is 1. The van der Waals surface area contributed by atoms with E-state index in [1.807, 2.05) is 0 Å². The molecule has 2 heterocycles. The Kier molecular flexibility index (Phi) is 3.20. The molecule has 1 atom stereocenters. The molecule has 2 rings (SSSR count). The van der Waals surface area contributed by atoms with Gasteiger partial charge in [0.15, 0.2) is 5.69 Å². The third-order valence-electron chi connectivity index (χ3n) is 2.70. The third-order valence-corrected chi connectivity index (χ3v) is 2.70. The minimum absolute atomic E-state index is 0.319. The first-order valence-electron chi connectivity index (χ1n) is 5.64. The summed E-state index contributed by atoms with van der Waals surface area (Å²) in [5.41, 5.74) is 5.81. The van der Waals surface area contributed by atoms with Crippen LogP contribution in [0.1, 0.15) is 23.0 Å². The maximum Gasteiger partial charge on any atom is 0.275 e. The lowest BCUT2D eigenvalue weighted by molar-refractivity contribution is -0.119. The van der Waals surface area contributed by atoms with E-state index < -0.39 is 23.8 Å². The number of rotatable bonds is 3. The van der Waals surface area contributed by atoms with E-state index in [2.05, 4.69) is 10.3 Å². The van der Waals surface area contributed by atoms with Crippen LogP contribution in [-0.4, -0.2) is 27.2 Å². The van der Waals surface area contributed by atoms with Gasteiger partial charge in [-0.05, 0) is 25.5 Å². The molecule has 0 bridgehead atoms. The normalized spacial score (nSPS) is 12.4. The summed E-state index contributed by atoms with van der Waals surface area (Å²) in [6.45, 7) is 3.21. The van der Waals surface area contributed by atoms with Gasteiger partial charge in [-0.25, -0.2) is 4.98 Å². The molecule has 0 unspecified atom stereocenters. The number of primary amides is 1. The van der Waals surface area contributed by atoms with Crippen molar-refractivity contribution in [3.63, 3.8) is 0 Å². The van der Waals surface area contributed by atoms with Crippen molar-refractivity contribution in [2.75, 3.05) is 0 Å². The fourth-order valence-electron chi connectivity index (χ4n) is 1.60. The van der Waals surface area contributed by atoms with Crippen molar-refractivity contribution in [3.05, 3.63) is 35.5 Å². The molecular weight excluding hydrogens is 251 g/mol. The first-order chi connectivity index (χ1) is 8.90. The summed E-state index contributed by atoms with van der Waals surface area (Å²) < 4.78 is 15.2. The second kappa shape index (κ2) is 4.68. The standard InChI is InChI=1S/C12H13FN4O2/c1-6-3-4-8-16-9(10(13)17(8)5-6)12(19)15-7(2)11(14)18/h3-5,7H,1-2H3,(H2,14,18)(H,15,19)/t7-/m1/s1. The van der Waals surface area contributed by atoms with Crippen LogP contribution in [0.15, 0.2) is 18.3 Å². The average molecular weight is 264 g/mol. The number of aromatic nitrogens is 2. The second-order valence-corrected chi connectivity index (χ2v) is 4.28. The topological polar surface area (TPSA) is 89.5 Å². The van der Waals surface area contributed by atoms with Crippen molar-refractivity contribution >= 4 is 17.5 Å². The Labute approximate surface area is 108 Å². The molecule has 0 saturated heterocycles. The van der Waals surface area contributed by atoms with Crippen molar-refractivity contribution in [1.29, 1.82) is 0 Å². The maximum absolute atomic E-state index is 14.0. The molecule has 7 heteroatoms. The van der Waals surface area contributed by atoms with Gasteiger partial charge in [-0.15, -0.1) is 0 Å². The molecule has 100 valence electrons. The number of amides is 2. The molecule has 2 aromatic heterocycles. The monoisotopic (exact) mass is 264 g/mol. The van der Waals surface area contributed by atoms with Gasteiger partial charge in [-0.3, -0.25) is 14.0 Å². The highest BCUT2D eigenvalue weighted by molar-refractivity contribution is 5.96. The number of imidazole rings is 1. The predicted molar refractivity (Wildman–Crippen MR) is 66.0 cm³/mol. The lowest BCUT2D eigenvalue weighted by Crippen LogP contribution is -2.42. The third kappa shape index (κ3) is 2.40. The quantitative estimate of drug-likeness (QED) is 0.840. The molecule has 0 aliphatic rings. The minimum atomic E-state index is -0.890. The largest absolute Gasteiger partial charge is 0.368 e. The van der Waals surface area contributed by atoms with Crippen LogP contribution in [0.5, 0.6) is 0 Å². The van der Waals surface area contributed by atoms with Crippen LogP contribution >= 0.6 is 0 Å².